The predicted octanol–water partition coefficient (Wildman–Crippen LogP) is 10.5. The molecule has 7 aromatic rings. The van der Waals surface area contributed by atoms with Gasteiger partial charge in [-0.15, -0.1) is 0 Å². The lowest BCUT2D eigenvalue weighted by molar-refractivity contribution is 0.660. The van der Waals surface area contributed by atoms with Crippen molar-refractivity contribution in [2.24, 2.45) is 0 Å². The molecule has 0 bridgehead atoms. The fraction of sp³-hybridized carbons (Fsp3) is 0.0769. The van der Waals surface area contributed by atoms with Crippen molar-refractivity contribution in [2.75, 3.05) is 5.32 Å². The summed E-state index contributed by atoms with van der Waals surface area (Å²) in [4.78, 5) is 0. The fourth-order valence-corrected chi connectivity index (χ4v) is 6.70. The molecule has 0 amide bonds. The maximum Gasteiger partial charge on any atom is 0.0541 e. The minimum Gasteiger partial charge on any atom is -0.356 e. The van der Waals surface area contributed by atoms with Crippen LogP contribution in [0.5, 0.6) is 0 Å². The van der Waals surface area contributed by atoms with Gasteiger partial charge in [-0.1, -0.05) is 105 Å². The predicted molar refractivity (Wildman–Crippen MR) is 174 cm³/mol. The lowest BCUT2D eigenvalue weighted by Crippen LogP contribution is -2.15. The average molecular weight is 527 g/mol. The van der Waals surface area contributed by atoms with E-state index in [1.165, 1.54) is 60.9 Å². The first-order valence-corrected chi connectivity index (χ1v) is 14.3. The minimum absolute atomic E-state index is 0.00113. The van der Waals surface area contributed by atoms with Gasteiger partial charge in [0, 0.05) is 33.2 Å². The Hall–Kier alpha value is -5.08. The van der Waals surface area contributed by atoms with Gasteiger partial charge in [-0.05, 0) is 81.9 Å². The summed E-state index contributed by atoms with van der Waals surface area (Å²) in [6, 6.07) is 50.5. The van der Waals surface area contributed by atoms with Crippen LogP contribution in [0.4, 0.5) is 11.4 Å². The molecule has 0 spiro atoms. The Balaban J connectivity index is 1.06. The molecule has 196 valence electrons. The van der Waals surface area contributed by atoms with E-state index in [1.807, 2.05) is 0 Å². The summed E-state index contributed by atoms with van der Waals surface area (Å²) in [6.07, 6.45) is 0. The molecule has 0 unspecified atom stereocenters. The Morgan fingerprint density at radius 3 is 1.71 bits per heavy atom. The molecule has 1 aliphatic carbocycles. The monoisotopic (exact) mass is 526 g/mol. The zero-order valence-electron chi connectivity index (χ0n) is 23.2. The number of hydrogen-bond acceptors (Lipinski definition) is 1. The fourth-order valence-electron chi connectivity index (χ4n) is 6.70. The number of fused-ring (bicyclic) bond motifs is 6. The first-order chi connectivity index (χ1) is 20.1. The molecule has 1 aromatic heterocycles. The first-order valence-electron chi connectivity index (χ1n) is 14.3. The Labute approximate surface area is 240 Å². The van der Waals surface area contributed by atoms with Crippen molar-refractivity contribution in [2.45, 2.75) is 19.3 Å². The van der Waals surface area contributed by atoms with Crippen LogP contribution in [0.1, 0.15) is 25.0 Å². The Bertz CT molecular complexity index is 2020. The lowest BCUT2D eigenvalue weighted by atomic mass is 9.82. The van der Waals surface area contributed by atoms with Gasteiger partial charge in [-0.2, -0.15) is 0 Å². The van der Waals surface area contributed by atoms with E-state index in [1.54, 1.807) is 0 Å². The van der Waals surface area contributed by atoms with Gasteiger partial charge in [0.05, 0.1) is 11.0 Å². The number of nitrogens with one attached hydrogen (secondary N) is 1. The molecule has 8 rings (SSSR count). The Morgan fingerprint density at radius 2 is 1.02 bits per heavy atom. The number of hydrogen-bond donors (Lipinski definition) is 1. The molecule has 6 aromatic carbocycles. The van der Waals surface area contributed by atoms with Gasteiger partial charge in [-0.3, -0.25) is 0 Å². The highest BCUT2D eigenvalue weighted by Gasteiger charge is 2.35. The zero-order valence-corrected chi connectivity index (χ0v) is 23.2. The maximum atomic E-state index is 3.64. The largest absolute Gasteiger partial charge is 0.356 e. The Morgan fingerprint density at radius 1 is 0.488 bits per heavy atom. The van der Waals surface area contributed by atoms with Crippen molar-refractivity contribution in [1.82, 2.24) is 4.57 Å². The van der Waals surface area contributed by atoms with Crippen LogP contribution >= 0.6 is 0 Å². The van der Waals surface area contributed by atoms with Crippen LogP contribution in [-0.4, -0.2) is 4.57 Å². The van der Waals surface area contributed by atoms with Gasteiger partial charge in [0.1, 0.15) is 0 Å². The van der Waals surface area contributed by atoms with Crippen molar-refractivity contribution in [1.29, 1.82) is 0 Å². The van der Waals surface area contributed by atoms with E-state index < -0.39 is 0 Å². The second-order valence-electron chi connectivity index (χ2n) is 11.5. The summed E-state index contributed by atoms with van der Waals surface area (Å²) in [6.45, 7) is 4.64. The second-order valence-corrected chi connectivity index (χ2v) is 11.5. The van der Waals surface area contributed by atoms with Crippen molar-refractivity contribution in [3.05, 3.63) is 151 Å². The van der Waals surface area contributed by atoms with E-state index in [0.717, 1.165) is 11.4 Å². The van der Waals surface area contributed by atoms with E-state index >= 15 is 0 Å². The van der Waals surface area contributed by atoms with Crippen LogP contribution in [0.2, 0.25) is 0 Å². The molecule has 2 heteroatoms. The van der Waals surface area contributed by atoms with E-state index in [9.17, 15) is 0 Å². The Kier molecular flexibility index (Phi) is 5.20. The summed E-state index contributed by atoms with van der Waals surface area (Å²) in [5, 5.41) is 6.20. The molecular formula is C39H30N2. The highest BCUT2D eigenvalue weighted by atomic mass is 15.0. The summed E-state index contributed by atoms with van der Waals surface area (Å²) < 4.78 is 2.36. The molecule has 0 radical (unpaired) electrons. The van der Waals surface area contributed by atoms with Crippen LogP contribution < -0.4 is 5.32 Å². The van der Waals surface area contributed by atoms with Gasteiger partial charge in [0.25, 0.3) is 0 Å². The highest BCUT2D eigenvalue weighted by molar-refractivity contribution is 6.09. The van der Waals surface area contributed by atoms with Gasteiger partial charge in [0.15, 0.2) is 0 Å². The third kappa shape index (κ3) is 3.72. The minimum atomic E-state index is -0.00113. The third-order valence-electron chi connectivity index (χ3n) is 8.80. The van der Waals surface area contributed by atoms with Crippen LogP contribution in [0.25, 0.3) is 49.7 Å². The van der Waals surface area contributed by atoms with E-state index in [4.69, 9.17) is 0 Å². The highest BCUT2D eigenvalue weighted by Crippen LogP contribution is 2.49. The molecular weight excluding hydrogens is 496 g/mol. The summed E-state index contributed by atoms with van der Waals surface area (Å²) in [7, 11) is 0. The van der Waals surface area contributed by atoms with Gasteiger partial charge >= 0.3 is 0 Å². The summed E-state index contributed by atoms with van der Waals surface area (Å²) in [5.41, 5.74) is 13.7. The number of nitrogens with zero attached hydrogens (tertiary/aromatic N) is 1. The van der Waals surface area contributed by atoms with Gasteiger partial charge in [-0.25, -0.2) is 0 Å². The first kappa shape index (κ1) is 23.8. The molecule has 0 fully saturated rings. The van der Waals surface area contributed by atoms with E-state index in [0.29, 0.717) is 0 Å². The lowest BCUT2D eigenvalue weighted by Gasteiger charge is -2.22. The molecule has 0 saturated carbocycles. The number of aromatic nitrogens is 1. The van der Waals surface area contributed by atoms with Crippen molar-refractivity contribution in [3.8, 4) is 27.9 Å². The van der Waals surface area contributed by atoms with Crippen molar-refractivity contribution in [3.63, 3.8) is 0 Å². The zero-order chi connectivity index (χ0) is 27.6. The molecule has 1 aliphatic rings. The van der Waals surface area contributed by atoms with E-state index in [2.05, 4.69) is 163 Å². The third-order valence-corrected chi connectivity index (χ3v) is 8.80. The second kappa shape index (κ2) is 8.97. The van der Waals surface area contributed by atoms with E-state index in [-0.39, 0.29) is 5.41 Å². The number of benzene rings is 6. The quantitative estimate of drug-likeness (QED) is 0.241. The summed E-state index contributed by atoms with van der Waals surface area (Å²) in [5.74, 6) is 0. The topological polar surface area (TPSA) is 17.0 Å². The van der Waals surface area contributed by atoms with Crippen LogP contribution in [0.3, 0.4) is 0 Å². The van der Waals surface area contributed by atoms with Gasteiger partial charge < -0.3 is 9.88 Å². The summed E-state index contributed by atoms with van der Waals surface area (Å²) >= 11 is 0. The van der Waals surface area contributed by atoms with Crippen LogP contribution in [0.15, 0.2) is 140 Å². The number of para-hydroxylation sites is 2. The van der Waals surface area contributed by atoms with Crippen molar-refractivity contribution >= 4 is 33.2 Å². The molecule has 1 heterocycles. The molecule has 1 N–H and O–H groups in total. The number of anilines is 2. The molecule has 2 nitrogen and oxygen atoms in total. The van der Waals surface area contributed by atoms with Crippen molar-refractivity contribution < 1.29 is 0 Å². The van der Waals surface area contributed by atoms with Crippen LogP contribution in [0, 0.1) is 0 Å². The van der Waals surface area contributed by atoms with Gasteiger partial charge in [0.2, 0.25) is 0 Å². The molecule has 41 heavy (non-hydrogen) atoms. The maximum absolute atomic E-state index is 3.64. The molecule has 0 saturated heterocycles. The molecule has 0 aliphatic heterocycles. The van der Waals surface area contributed by atoms with Crippen LogP contribution in [-0.2, 0) is 5.41 Å². The average Bonchev–Trinajstić information content (AvgIpc) is 3.47. The molecule has 0 atom stereocenters. The number of rotatable bonds is 4. The SMILES string of the molecule is CC1(C)c2ccccc2-c2ccc(Nc3ccc(-c4ccc(-n5c6ccccc6c6ccccc65)cc4)cc3)cc21. The standard InChI is InChI=1S/C39H30N2/c1-39(2)35-12-6-3-9-31(35)32-24-21-29(25-36(32)39)40-28-19-15-26(16-20-28)27-17-22-30(23-18-27)41-37-13-7-4-10-33(37)34-11-5-8-14-38(34)41/h3-25,40H,1-2H3. The smallest absolute Gasteiger partial charge is 0.0541 e. The normalized spacial score (nSPS) is 13.3.